The van der Waals surface area contributed by atoms with Crippen molar-refractivity contribution in [1.29, 1.82) is 15.8 Å². The van der Waals surface area contributed by atoms with Crippen molar-refractivity contribution in [2.24, 2.45) is 0 Å². The van der Waals surface area contributed by atoms with Crippen LogP contribution < -0.4 is 16.0 Å². The van der Waals surface area contributed by atoms with E-state index in [0.29, 0.717) is 17.3 Å². The fourth-order valence-corrected chi connectivity index (χ4v) is 2.39. The molecule has 0 fully saturated rings. The number of nitrogens with one attached hydrogen (secondary N) is 2. The maximum Gasteiger partial charge on any atom is 0.242 e. The van der Waals surface area contributed by atoms with Gasteiger partial charge in [0.1, 0.15) is 23.3 Å². The lowest BCUT2D eigenvalue weighted by Gasteiger charge is -2.10. The molecule has 118 valence electrons. The SMILES string of the molecule is CC(C)c1ccc(Nc2[nH+]c(N)c(C#N)c(CC#N)c2C#N)cc1. The van der Waals surface area contributed by atoms with Crippen LogP contribution in [0.2, 0.25) is 0 Å². The summed E-state index contributed by atoms with van der Waals surface area (Å²) in [4.78, 5) is 2.84. The van der Waals surface area contributed by atoms with Crippen LogP contribution in [0.1, 0.15) is 42.0 Å². The van der Waals surface area contributed by atoms with Gasteiger partial charge in [0.15, 0.2) is 0 Å². The molecule has 1 heterocycles. The summed E-state index contributed by atoms with van der Waals surface area (Å²) in [7, 11) is 0. The average Bonchev–Trinajstić information content (AvgIpc) is 2.56. The number of nitrogen functional groups attached to an aromatic ring is 1. The summed E-state index contributed by atoms with van der Waals surface area (Å²) < 4.78 is 0. The summed E-state index contributed by atoms with van der Waals surface area (Å²) in [6, 6.07) is 13.8. The highest BCUT2D eigenvalue weighted by Gasteiger charge is 2.22. The Kier molecular flexibility index (Phi) is 5.00. The molecule has 6 heteroatoms. The fraction of sp³-hybridized carbons (Fsp3) is 0.222. The van der Waals surface area contributed by atoms with E-state index in [1.165, 1.54) is 5.56 Å². The number of benzene rings is 1. The number of nitrogens with zero attached hydrogens (tertiary/aromatic N) is 3. The molecular weight excluding hydrogens is 300 g/mol. The van der Waals surface area contributed by atoms with Crippen LogP contribution in [0.25, 0.3) is 0 Å². The molecule has 1 aromatic carbocycles. The summed E-state index contributed by atoms with van der Waals surface area (Å²) in [5.41, 5.74) is 8.53. The fourth-order valence-electron chi connectivity index (χ4n) is 2.39. The topological polar surface area (TPSA) is 124 Å². The van der Waals surface area contributed by atoms with Gasteiger partial charge < -0.3 is 5.73 Å². The molecule has 0 saturated carbocycles. The third-order valence-electron chi connectivity index (χ3n) is 3.71. The van der Waals surface area contributed by atoms with Gasteiger partial charge in [-0.2, -0.15) is 15.8 Å². The largest absolute Gasteiger partial charge is 0.318 e. The maximum absolute atomic E-state index is 9.46. The van der Waals surface area contributed by atoms with Gasteiger partial charge in [-0.1, -0.05) is 26.0 Å². The Morgan fingerprint density at radius 1 is 1.08 bits per heavy atom. The molecule has 0 saturated heterocycles. The van der Waals surface area contributed by atoms with E-state index in [2.05, 4.69) is 24.1 Å². The molecule has 0 bridgehead atoms. The van der Waals surface area contributed by atoms with Crippen LogP contribution in [0, 0.1) is 34.0 Å². The van der Waals surface area contributed by atoms with E-state index in [-0.39, 0.29) is 23.4 Å². The smallest absolute Gasteiger partial charge is 0.242 e. The Labute approximate surface area is 140 Å². The normalized spacial score (nSPS) is 9.83. The second-order valence-electron chi connectivity index (χ2n) is 5.60. The highest BCUT2D eigenvalue weighted by Crippen LogP contribution is 2.25. The van der Waals surface area contributed by atoms with E-state index in [4.69, 9.17) is 11.0 Å². The number of nitriles is 3. The second kappa shape index (κ2) is 7.13. The van der Waals surface area contributed by atoms with Crippen molar-refractivity contribution in [2.45, 2.75) is 26.2 Å². The van der Waals surface area contributed by atoms with Gasteiger partial charge in [0.2, 0.25) is 11.6 Å². The van der Waals surface area contributed by atoms with E-state index in [9.17, 15) is 10.5 Å². The minimum absolute atomic E-state index is 0.0639. The number of hydrogen-bond donors (Lipinski definition) is 2. The quantitative estimate of drug-likeness (QED) is 0.897. The molecule has 0 aliphatic heterocycles. The zero-order chi connectivity index (χ0) is 17.7. The monoisotopic (exact) mass is 317 g/mol. The zero-order valence-electron chi connectivity index (χ0n) is 13.5. The van der Waals surface area contributed by atoms with Crippen LogP contribution >= 0.6 is 0 Å². The van der Waals surface area contributed by atoms with Crippen LogP contribution in [-0.4, -0.2) is 0 Å². The summed E-state index contributed by atoms with van der Waals surface area (Å²) in [6.45, 7) is 4.22. The van der Waals surface area contributed by atoms with Crippen molar-refractivity contribution < 1.29 is 4.98 Å². The number of anilines is 3. The van der Waals surface area contributed by atoms with E-state index in [1.807, 2.05) is 42.5 Å². The van der Waals surface area contributed by atoms with Crippen molar-refractivity contribution in [3.8, 4) is 18.2 Å². The number of aromatic nitrogens is 1. The van der Waals surface area contributed by atoms with Crippen molar-refractivity contribution in [1.82, 2.24) is 0 Å². The number of rotatable bonds is 4. The standard InChI is InChI=1S/C18H16N6/c1-11(2)12-3-5-13(6-4-12)23-18-16(10-21)14(7-8-19)15(9-20)17(22)24-18/h3-6,11H,7H2,1-2H3,(H3,22,23,24)/p+1. The third kappa shape index (κ3) is 3.27. The molecule has 2 aromatic rings. The van der Waals surface area contributed by atoms with E-state index >= 15 is 0 Å². The van der Waals surface area contributed by atoms with Gasteiger partial charge in [0.05, 0.1) is 18.2 Å². The first-order chi connectivity index (χ1) is 11.5. The lowest BCUT2D eigenvalue weighted by molar-refractivity contribution is -0.343. The molecule has 0 unspecified atom stereocenters. The Bertz CT molecular complexity index is 876. The molecule has 1 aromatic heterocycles. The number of H-pyrrole nitrogens is 1. The average molecular weight is 317 g/mol. The predicted octanol–water partition coefficient (Wildman–Crippen LogP) is 2.76. The summed E-state index contributed by atoms with van der Waals surface area (Å²) in [5.74, 6) is 0.924. The Morgan fingerprint density at radius 2 is 1.71 bits per heavy atom. The van der Waals surface area contributed by atoms with Crippen molar-refractivity contribution in [3.05, 3.63) is 46.5 Å². The molecule has 0 aliphatic carbocycles. The molecule has 0 amide bonds. The van der Waals surface area contributed by atoms with Gasteiger partial charge in [-0.15, -0.1) is 0 Å². The van der Waals surface area contributed by atoms with E-state index < -0.39 is 0 Å². The first kappa shape index (κ1) is 16.8. The predicted molar refractivity (Wildman–Crippen MR) is 90.0 cm³/mol. The maximum atomic E-state index is 9.46. The zero-order valence-corrected chi connectivity index (χ0v) is 13.5. The lowest BCUT2D eigenvalue weighted by atomic mass is 10.0. The molecule has 24 heavy (non-hydrogen) atoms. The Balaban J connectivity index is 2.49. The van der Waals surface area contributed by atoms with Gasteiger partial charge in [0.25, 0.3) is 0 Å². The minimum atomic E-state index is -0.0639. The first-order valence-electron chi connectivity index (χ1n) is 7.43. The third-order valence-corrected chi connectivity index (χ3v) is 3.71. The highest BCUT2D eigenvalue weighted by atomic mass is 15.0. The molecule has 2 rings (SSSR count). The number of pyridine rings is 1. The summed E-state index contributed by atoms with van der Waals surface area (Å²) >= 11 is 0. The van der Waals surface area contributed by atoms with Crippen LogP contribution in [0.4, 0.5) is 17.3 Å². The van der Waals surface area contributed by atoms with Crippen molar-refractivity contribution in [3.63, 3.8) is 0 Å². The van der Waals surface area contributed by atoms with E-state index in [0.717, 1.165) is 5.69 Å². The van der Waals surface area contributed by atoms with Gasteiger partial charge >= 0.3 is 0 Å². The van der Waals surface area contributed by atoms with Crippen molar-refractivity contribution >= 4 is 17.3 Å². The van der Waals surface area contributed by atoms with Crippen LogP contribution in [0.15, 0.2) is 24.3 Å². The number of hydrogen-bond acceptors (Lipinski definition) is 5. The lowest BCUT2D eigenvalue weighted by Crippen LogP contribution is -2.21. The van der Waals surface area contributed by atoms with Crippen LogP contribution in [0.3, 0.4) is 0 Å². The van der Waals surface area contributed by atoms with E-state index in [1.54, 1.807) is 0 Å². The van der Waals surface area contributed by atoms with Crippen molar-refractivity contribution in [2.75, 3.05) is 11.1 Å². The molecule has 6 nitrogen and oxygen atoms in total. The second-order valence-corrected chi connectivity index (χ2v) is 5.60. The van der Waals surface area contributed by atoms with Gasteiger partial charge in [-0.05, 0) is 23.6 Å². The molecule has 4 N–H and O–H groups in total. The van der Waals surface area contributed by atoms with Crippen LogP contribution in [-0.2, 0) is 6.42 Å². The van der Waals surface area contributed by atoms with Gasteiger partial charge in [-0.25, -0.2) is 4.98 Å². The molecule has 0 radical (unpaired) electrons. The molecule has 0 spiro atoms. The molecule has 0 atom stereocenters. The Morgan fingerprint density at radius 3 is 2.21 bits per heavy atom. The van der Waals surface area contributed by atoms with Gasteiger partial charge in [-0.3, -0.25) is 5.32 Å². The van der Waals surface area contributed by atoms with Gasteiger partial charge in [0, 0.05) is 5.56 Å². The van der Waals surface area contributed by atoms with Crippen LogP contribution in [0.5, 0.6) is 0 Å². The Hall–Kier alpha value is -3.56. The molecular formula is C18H17N6+. The molecule has 0 aliphatic rings. The summed E-state index contributed by atoms with van der Waals surface area (Å²) in [5, 5.41) is 30.8. The number of nitrogens with two attached hydrogens (primary N) is 1. The number of aromatic amines is 1. The highest BCUT2D eigenvalue weighted by molar-refractivity contribution is 5.67. The minimum Gasteiger partial charge on any atom is -0.318 e. The summed E-state index contributed by atoms with van der Waals surface area (Å²) in [6.07, 6.45) is -0.0639. The first-order valence-corrected chi connectivity index (χ1v) is 7.43.